The second-order valence-corrected chi connectivity index (χ2v) is 11.2. The van der Waals surface area contributed by atoms with Gasteiger partial charge < -0.3 is 4.42 Å². The lowest BCUT2D eigenvalue weighted by Crippen LogP contribution is -2.09. The minimum atomic E-state index is -1.50. The molecule has 0 atom stereocenters. The molecular formula is C27H28N2OS. The van der Waals surface area contributed by atoms with Gasteiger partial charge >= 0.3 is 0 Å². The summed E-state index contributed by atoms with van der Waals surface area (Å²) in [5, 5.41) is 3.14. The lowest BCUT2D eigenvalue weighted by molar-refractivity contribution is 0.411. The average molecular weight is 431 g/mol. The molecule has 31 heavy (non-hydrogen) atoms. The Morgan fingerprint density at radius 2 is 1.74 bits per heavy atom. The van der Waals surface area contributed by atoms with Gasteiger partial charge in [-0.05, 0) is 47.7 Å². The van der Waals surface area contributed by atoms with Gasteiger partial charge in [-0.3, -0.25) is 4.98 Å². The first-order chi connectivity index (χ1) is 15.4. The van der Waals surface area contributed by atoms with Gasteiger partial charge in [-0.15, -0.1) is 11.3 Å². The van der Waals surface area contributed by atoms with Crippen molar-refractivity contribution in [2.75, 3.05) is 0 Å². The summed E-state index contributed by atoms with van der Waals surface area (Å²) >= 11 is 1.71. The van der Waals surface area contributed by atoms with E-state index in [0.717, 1.165) is 42.7 Å². The monoisotopic (exact) mass is 430 g/mol. The molecule has 0 fully saturated rings. The lowest BCUT2D eigenvalue weighted by Gasteiger charge is -2.18. The van der Waals surface area contributed by atoms with Crippen LogP contribution in [0.5, 0.6) is 0 Å². The molecule has 3 heterocycles. The summed E-state index contributed by atoms with van der Waals surface area (Å²) < 4.78 is 25.0. The van der Waals surface area contributed by atoms with Crippen molar-refractivity contribution in [2.24, 2.45) is 5.41 Å². The molecule has 5 aromatic rings. The number of benzene rings is 2. The van der Waals surface area contributed by atoms with Gasteiger partial charge in [0.25, 0.3) is 0 Å². The fourth-order valence-corrected chi connectivity index (χ4v) is 4.88. The number of furan rings is 1. The minimum Gasteiger partial charge on any atom is -0.453 e. The van der Waals surface area contributed by atoms with Crippen molar-refractivity contribution >= 4 is 43.5 Å². The van der Waals surface area contributed by atoms with Gasteiger partial charge in [0.15, 0.2) is 5.58 Å². The van der Waals surface area contributed by atoms with E-state index in [9.17, 15) is 0 Å². The molecule has 0 N–H and O–H groups in total. The molecule has 0 saturated heterocycles. The van der Waals surface area contributed by atoms with E-state index in [-0.39, 0.29) is 5.41 Å². The van der Waals surface area contributed by atoms with Crippen molar-refractivity contribution in [3.63, 3.8) is 0 Å². The highest BCUT2D eigenvalue weighted by Gasteiger charge is 2.22. The van der Waals surface area contributed by atoms with Crippen molar-refractivity contribution in [3.8, 4) is 11.3 Å². The number of rotatable bonds is 2. The molecule has 0 saturated carbocycles. The topological polar surface area (TPSA) is 38.9 Å². The molecule has 0 amide bonds. The van der Waals surface area contributed by atoms with Gasteiger partial charge in [0, 0.05) is 30.7 Å². The summed E-state index contributed by atoms with van der Waals surface area (Å²) in [6.45, 7) is 12.3. The Balaban J connectivity index is 1.74. The van der Waals surface area contributed by atoms with Crippen LogP contribution >= 0.6 is 11.3 Å². The number of aromatic nitrogens is 2. The van der Waals surface area contributed by atoms with E-state index >= 15 is 0 Å². The number of para-hydroxylation sites is 1. The third kappa shape index (κ3) is 3.63. The van der Waals surface area contributed by atoms with Crippen LogP contribution in [0.15, 0.2) is 53.1 Å². The van der Waals surface area contributed by atoms with E-state index in [1.807, 2.05) is 39.0 Å². The Morgan fingerprint density at radius 1 is 0.968 bits per heavy atom. The van der Waals surface area contributed by atoms with Crippen molar-refractivity contribution in [2.45, 2.75) is 53.3 Å². The predicted molar refractivity (Wildman–Crippen MR) is 132 cm³/mol. The summed E-state index contributed by atoms with van der Waals surface area (Å²) in [7, 11) is 0. The van der Waals surface area contributed by atoms with Crippen LogP contribution in [0.25, 0.3) is 43.4 Å². The van der Waals surface area contributed by atoms with E-state index in [0.29, 0.717) is 11.3 Å². The second-order valence-electron chi connectivity index (χ2n) is 10.1. The van der Waals surface area contributed by atoms with Crippen molar-refractivity contribution < 1.29 is 7.16 Å². The molecule has 0 spiro atoms. The zero-order valence-electron chi connectivity index (χ0n) is 20.8. The van der Waals surface area contributed by atoms with Crippen molar-refractivity contribution in [1.29, 1.82) is 0 Å². The molecule has 0 aliphatic heterocycles. The molecule has 3 aromatic heterocycles. The van der Waals surface area contributed by atoms with E-state index in [2.05, 4.69) is 44.0 Å². The fraction of sp³-hybridized carbons (Fsp3) is 0.333. The van der Waals surface area contributed by atoms with Crippen molar-refractivity contribution in [1.82, 2.24) is 9.97 Å². The Kier molecular flexibility index (Phi) is 3.98. The van der Waals surface area contributed by atoms with Crippen LogP contribution < -0.4 is 0 Å². The number of fused-ring (bicyclic) bond motifs is 5. The zero-order valence-corrected chi connectivity index (χ0v) is 19.6. The summed E-state index contributed by atoms with van der Waals surface area (Å²) in [5.41, 5.74) is 4.06. The van der Waals surface area contributed by atoms with Gasteiger partial charge in [0.2, 0.25) is 0 Å². The Bertz CT molecular complexity index is 1520. The van der Waals surface area contributed by atoms with Gasteiger partial charge in [-0.2, -0.15) is 0 Å². The van der Waals surface area contributed by atoms with Crippen LogP contribution in [0.2, 0.25) is 0 Å². The molecule has 0 radical (unpaired) electrons. The van der Waals surface area contributed by atoms with Crippen LogP contribution in [-0.2, 0) is 11.8 Å². The van der Waals surface area contributed by atoms with Crippen LogP contribution in [0, 0.1) is 5.41 Å². The van der Waals surface area contributed by atoms with E-state index in [4.69, 9.17) is 12.1 Å². The Hall–Kier alpha value is -2.72. The highest BCUT2D eigenvalue weighted by atomic mass is 32.1. The van der Waals surface area contributed by atoms with E-state index < -0.39 is 11.8 Å². The molecule has 158 valence electrons. The molecule has 0 unspecified atom stereocenters. The molecule has 4 heteroatoms. The maximum Gasteiger partial charge on any atom is 0.162 e. The largest absolute Gasteiger partial charge is 0.453 e. The lowest BCUT2D eigenvalue weighted by atomic mass is 9.88. The summed E-state index contributed by atoms with van der Waals surface area (Å²) in [6, 6.07) is 13.9. The quantitative estimate of drug-likeness (QED) is 0.284. The molecular weight excluding hydrogens is 400 g/mol. The normalized spacial score (nSPS) is 14.4. The number of pyridine rings is 1. The van der Waals surface area contributed by atoms with Crippen LogP contribution in [-0.4, -0.2) is 9.97 Å². The first-order valence-corrected chi connectivity index (χ1v) is 11.4. The molecule has 0 bridgehead atoms. The van der Waals surface area contributed by atoms with Gasteiger partial charge in [0.05, 0.1) is 15.4 Å². The summed E-state index contributed by atoms with van der Waals surface area (Å²) in [6.07, 6.45) is 0.187. The van der Waals surface area contributed by atoms with E-state index in [1.165, 1.54) is 0 Å². The minimum absolute atomic E-state index is 0.0242. The number of hydrogen-bond donors (Lipinski definition) is 0. The van der Waals surface area contributed by atoms with Crippen LogP contribution in [0.4, 0.5) is 0 Å². The third-order valence-corrected chi connectivity index (χ3v) is 6.67. The average Bonchev–Trinajstić information content (AvgIpc) is 3.34. The van der Waals surface area contributed by atoms with E-state index in [1.54, 1.807) is 23.6 Å². The smallest absolute Gasteiger partial charge is 0.162 e. The van der Waals surface area contributed by atoms with Gasteiger partial charge in [0.1, 0.15) is 11.1 Å². The fourth-order valence-electron chi connectivity index (χ4n) is 3.86. The standard InChI is InChI=1S/C27H28N2OS/c1-26(2,3)15-16-12-13-28-20(14-16)19-9-7-8-17-18-10-11-21-22(24(18)30-23(17)19)29-25(31-21)27(4,5)6/h7-14H,15H2,1-6H3/i15D2. The third-order valence-electron chi connectivity index (χ3n) is 5.22. The number of thiazole rings is 1. The Labute approximate surface area is 190 Å². The molecule has 2 aromatic carbocycles. The second kappa shape index (κ2) is 6.89. The maximum atomic E-state index is 8.68. The van der Waals surface area contributed by atoms with Crippen LogP contribution in [0.1, 0.15) is 54.9 Å². The maximum absolute atomic E-state index is 8.68. The molecule has 5 rings (SSSR count). The SMILES string of the molecule is [2H]C([2H])(c1ccnc(-c2cccc3c2oc2c3ccc3sc(C(C)(C)C)nc32)c1)C(C)(C)C. The number of hydrogen-bond acceptors (Lipinski definition) is 4. The number of nitrogens with zero attached hydrogens (tertiary/aromatic N) is 2. The zero-order chi connectivity index (χ0) is 23.8. The van der Waals surface area contributed by atoms with Crippen LogP contribution in [0.3, 0.4) is 0 Å². The Morgan fingerprint density at radius 3 is 2.48 bits per heavy atom. The predicted octanol–water partition coefficient (Wildman–Crippen LogP) is 8.14. The van der Waals surface area contributed by atoms with Gasteiger partial charge in [-0.25, -0.2) is 4.98 Å². The first kappa shape index (κ1) is 17.9. The van der Waals surface area contributed by atoms with Crippen molar-refractivity contribution in [3.05, 3.63) is 59.2 Å². The molecule has 3 nitrogen and oxygen atoms in total. The first-order valence-electron chi connectivity index (χ1n) is 11.6. The molecule has 0 aliphatic carbocycles. The summed E-state index contributed by atoms with van der Waals surface area (Å²) in [4.78, 5) is 9.53. The molecule has 0 aliphatic rings. The highest BCUT2D eigenvalue weighted by molar-refractivity contribution is 7.18. The van der Waals surface area contributed by atoms with Gasteiger partial charge in [-0.1, -0.05) is 53.7 Å². The highest BCUT2D eigenvalue weighted by Crippen LogP contribution is 2.41. The summed E-state index contributed by atoms with van der Waals surface area (Å²) in [5.74, 6) is 0.